The second-order valence-corrected chi connectivity index (χ2v) is 4.63. The molecule has 110 valence electrons. The zero-order valence-corrected chi connectivity index (χ0v) is 11.6. The van der Waals surface area contributed by atoms with Crippen molar-refractivity contribution in [2.45, 2.75) is 6.54 Å². The molecule has 2 aromatic heterocycles. The fourth-order valence-electron chi connectivity index (χ4n) is 1.94. The number of aromatic nitrogens is 4. The van der Waals surface area contributed by atoms with Gasteiger partial charge in [0.05, 0.1) is 11.3 Å². The van der Waals surface area contributed by atoms with Crippen LogP contribution in [0.2, 0.25) is 0 Å². The second-order valence-electron chi connectivity index (χ2n) is 4.63. The van der Waals surface area contributed by atoms with E-state index in [-0.39, 0.29) is 11.5 Å². The second kappa shape index (κ2) is 6.04. The molecule has 0 radical (unpaired) electrons. The maximum Gasteiger partial charge on any atom is 0.253 e. The Labute approximate surface area is 125 Å². The Bertz CT molecular complexity index is 801. The summed E-state index contributed by atoms with van der Waals surface area (Å²) in [6.07, 6.45) is 4.48. The van der Waals surface area contributed by atoms with Crippen LogP contribution in [0.4, 0.5) is 0 Å². The van der Waals surface area contributed by atoms with E-state index in [9.17, 15) is 9.59 Å². The number of benzene rings is 1. The topological polar surface area (TPSA) is 92.7 Å². The van der Waals surface area contributed by atoms with Crippen LogP contribution in [0.1, 0.15) is 15.9 Å². The van der Waals surface area contributed by atoms with Crippen molar-refractivity contribution in [3.05, 3.63) is 76.7 Å². The number of amides is 1. The van der Waals surface area contributed by atoms with Gasteiger partial charge in [0, 0.05) is 18.8 Å². The smallest absolute Gasteiger partial charge is 0.253 e. The molecule has 2 heterocycles. The molecule has 2 N–H and O–H groups in total. The van der Waals surface area contributed by atoms with Crippen LogP contribution in [0.15, 0.2) is 60.0 Å². The van der Waals surface area contributed by atoms with E-state index in [1.807, 2.05) is 24.3 Å². The third-order valence-corrected chi connectivity index (χ3v) is 3.12. The van der Waals surface area contributed by atoms with E-state index < -0.39 is 0 Å². The molecule has 0 saturated carbocycles. The standard InChI is InChI=1S/C15H13N5O2/c21-14-6-3-12(8-17-14)15(22)18-7-11-1-4-13(5-2-11)20-10-16-9-19-20/h1-6,8-10H,7H2,(H,17,21)(H,18,22). The van der Waals surface area contributed by atoms with E-state index in [4.69, 9.17) is 0 Å². The monoisotopic (exact) mass is 295 g/mol. The van der Waals surface area contributed by atoms with E-state index in [1.165, 1.54) is 24.7 Å². The van der Waals surface area contributed by atoms with Gasteiger partial charge in [0.2, 0.25) is 5.56 Å². The molecule has 0 saturated heterocycles. The largest absolute Gasteiger partial charge is 0.348 e. The molecule has 0 aliphatic rings. The lowest BCUT2D eigenvalue weighted by Crippen LogP contribution is -2.23. The highest BCUT2D eigenvalue weighted by molar-refractivity contribution is 5.93. The molecule has 0 unspecified atom stereocenters. The first-order valence-corrected chi connectivity index (χ1v) is 6.63. The van der Waals surface area contributed by atoms with Crippen molar-refractivity contribution in [2.24, 2.45) is 0 Å². The number of rotatable bonds is 4. The first-order valence-electron chi connectivity index (χ1n) is 6.63. The SMILES string of the molecule is O=C(NCc1ccc(-n2cncn2)cc1)c1ccc(=O)[nH]c1. The van der Waals surface area contributed by atoms with Crippen molar-refractivity contribution in [3.8, 4) is 5.69 Å². The Hall–Kier alpha value is -3.22. The Morgan fingerprint density at radius 2 is 2.00 bits per heavy atom. The normalized spacial score (nSPS) is 10.4. The van der Waals surface area contributed by atoms with E-state index in [0.29, 0.717) is 12.1 Å². The Morgan fingerprint density at radius 1 is 1.18 bits per heavy atom. The number of hydrogen-bond acceptors (Lipinski definition) is 4. The molecule has 0 fully saturated rings. The van der Waals surface area contributed by atoms with Crippen LogP contribution in [-0.4, -0.2) is 25.7 Å². The minimum absolute atomic E-state index is 0.236. The van der Waals surface area contributed by atoms with Crippen LogP contribution in [0.3, 0.4) is 0 Å². The third kappa shape index (κ3) is 3.09. The molecule has 7 nitrogen and oxygen atoms in total. The van der Waals surface area contributed by atoms with E-state index in [1.54, 1.807) is 11.0 Å². The highest BCUT2D eigenvalue weighted by Crippen LogP contribution is 2.08. The highest BCUT2D eigenvalue weighted by Gasteiger charge is 2.05. The van der Waals surface area contributed by atoms with Crippen molar-refractivity contribution >= 4 is 5.91 Å². The van der Waals surface area contributed by atoms with Crippen molar-refractivity contribution in [1.82, 2.24) is 25.1 Å². The fraction of sp³-hybridized carbons (Fsp3) is 0.0667. The van der Waals surface area contributed by atoms with Gasteiger partial charge in [-0.3, -0.25) is 9.59 Å². The predicted molar refractivity (Wildman–Crippen MR) is 79.6 cm³/mol. The van der Waals surface area contributed by atoms with Gasteiger partial charge in [0.25, 0.3) is 5.91 Å². The lowest BCUT2D eigenvalue weighted by Gasteiger charge is -2.06. The molecular formula is C15H13N5O2. The maximum absolute atomic E-state index is 11.9. The summed E-state index contributed by atoms with van der Waals surface area (Å²) in [5.41, 5.74) is 2.04. The first kappa shape index (κ1) is 13.7. The summed E-state index contributed by atoms with van der Waals surface area (Å²) in [6.45, 7) is 0.398. The molecular weight excluding hydrogens is 282 g/mol. The lowest BCUT2D eigenvalue weighted by atomic mass is 10.2. The van der Waals surface area contributed by atoms with Crippen LogP contribution in [0.25, 0.3) is 5.69 Å². The number of carbonyl (C=O) groups is 1. The Morgan fingerprint density at radius 3 is 2.64 bits per heavy atom. The van der Waals surface area contributed by atoms with Crippen molar-refractivity contribution in [1.29, 1.82) is 0 Å². The summed E-state index contributed by atoms with van der Waals surface area (Å²) in [6, 6.07) is 10.4. The van der Waals surface area contributed by atoms with Crippen LogP contribution in [-0.2, 0) is 6.54 Å². The Balaban J connectivity index is 1.63. The molecule has 3 rings (SSSR count). The van der Waals surface area contributed by atoms with Crippen molar-refractivity contribution < 1.29 is 4.79 Å². The van der Waals surface area contributed by atoms with Gasteiger partial charge in [-0.2, -0.15) is 5.10 Å². The van der Waals surface area contributed by atoms with Gasteiger partial charge in [0.1, 0.15) is 12.7 Å². The Kier molecular flexibility index (Phi) is 3.78. The molecule has 22 heavy (non-hydrogen) atoms. The zero-order chi connectivity index (χ0) is 15.4. The van der Waals surface area contributed by atoms with Gasteiger partial charge in [-0.25, -0.2) is 9.67 Å². The number of nitrogens with zero attached hydrogens (tertiary/aromatic N) is 3. The third-order valence-electron chi connectivity index (χ3n) is 3.12. The van der Waals surface area contributed by atoms with Gasteiger partial charge in [-0.15, -0.1) is 0 Å². The average molecular weight is 295 g/mol. The summed E-state index contributed by atoms with van der Waals surface area (Å²) < 4.78 is 1.66. The van der Waals surface area contributed by atoms with Crippen LogP contribution in [0, 0.1) is 0 Å². The molecule has 7 heteroatoms. The quantitative estimate of drug-likeness (QED) is 0.747. The summed E-state index contributed by atoms with van der Waals surface area (Å²) in [5, 5.41) is 6.84. The zero-order valence-electron chi connectivity index (χ0n) is 11.6. The minimum atomic E-state index is -0.239. The summed E-state index contributed by atoms with van der Waals surface area (Å²) in [4.78, 5) is 29.2. The van der Waals surface area contributed by atoms with Gasteiger partial charge < -0.3 is 10.3 Å². The number of hydrogen-bond donors (Lipinski definition) is 2. The predicted octanol–water partition coefficient (Wildman–Crippen LogP) is 0.886. The molecule has 0 aliphatic heterocycles. The van der Waals surface area contributed by atoms with Gasteiger partial charge >= 0.3 is 0 Å². The number of aromatic amines is 1. The van der Waals surface area contributed by atoms with Crippen LogP contribution >= 0.6 is 0 Å². The van der Waals surface area contributed by atoms with E-state index in [2.05, 4.69) is 20.4 Å². The van der Waals surface area contributed by atoms with Gasteiger partial charge in [0.15, 0.2) is 0 Å². The molecule has 3 aromatic rings. The highest BCUT2D eigenvalue weighted by atomic mass is 16.1. The van der Waals surface area contributed by atoms with Crippen LogP contribution < -0.4 is 10.9 Å². The number of carbonyl (C=O) groups excluding carboxylic acids is 1. The maximum atomic E-state index is 11.9. The summed E-state index contributed by atoms with van der Waals surface area (Å²) in [7, 11) is 0. The van der Waals surface area contributed by atoms with Crippen LogP contribution in [0.5, 0.6) is 0 Å². The first-order chi connectivity index (χ1) is 10.7. The minimum Gasteiger partial charge on any atom is -0.348 e. The number of H-pyrrole nitrogens is 1. The molecule has 0 bridgehead atoms. The summed E-state index contributed by atoms with van der Waals surface area (Å²) in [5.74, 6) is -0.239. The molecule has 0 spiro atoms. The van der Waals surface area contributed by atoms with E-state index in [0.717, 1.165) is 11.3 Å². The van der Waals surface area contributed by atoms with Crippen molar-refractivity contribution in [3.63, 3.8) is 0 Å². The van der Waals surface area contributed by atoms with E-state index >= 15 is 0 Å². The molecule has 0 atom stereocenters. The molecule has 0 aliphatic carbocycles. The lowest BCUT2D eigenvalue weighted by molar-refractivity contribution is 0.0950. The number of nitrogens with one attached hydrogen (secondary N) is 2. The van der Waals surface area contributed by atoms with Gasteiger partial charge in [-0.1, -0.05) is 12.1 Å². The summed E-state index contributed by atoms with van der Waals surface area (Å²) >= 11 is 0. The number of pyridine rings is 1. The fourth-order valence-corrected chi connectivity index (χ4v) is 1.94. The van der Waals surface area contributed by atoms with Gasteiger partial charge in [-0.05, 0) is 23.8 Å². The average Bonchev–Trinajstić information content (AvgIpc) is 3.08. The molecule has 1 aromatic carbocycles. The molecule has 1 amide bonds. The van der Waals surface area contributed by atoms with Crippen molar-refractivity contribution in [2.75, 3.05) is 0 Å².